The quantitative estimate of drug-likeness (QED) is 0.629. The molecule has 0 spiro atoms. The molecule has 0 aliphatic carbocycles. The number of carbonyl (C=O) groups excluding carboxylic acids is 1. The van der Waals surface area contributed by atoms with E-state index < -0.39 is 15.9 Å². The molecule has 0 unspecified atom stereocenters. The smallest absolute Gasteiger partial charge is 0.261 e. The maximum absolute atomic E-state index is 12.6. The molecule has 0 saturated carbocycles. The van der Waals surface area contributed by atoms with Gasteiger partial charge in [-0.25, -0.2) is 8.42 Å². The summed E-state index contributed by atoms with van der Waals surface area (Å²) in [4.78, 5) is 12.5. The van der Waals surface area contributed by atoms with Crippen LogP contribution in [-0.4, -0.2) is 20.9 Å². The maximum atomic E-state index is 12.6. The van der Waals surface area contributed by atoms with Crippen LogP contribution in [0.15, 0.2) is 83.8 Å². The van der Waals surface area contributed by atoms with Crippen LogP contribution < -0.4 is 14.8 Å². The second kappa shape index (κ2) is 8.58. The Kier molecular flexibility index (Phi) is 5.96. The van der Waals surface area contributed by atoms with Crippen LogP contribution in [-0.2, 0) is 10.0 Å². The average molecular weight is 396 g/mol. The van der Waals surface area contributed by atoms with E-state index >= 15 is 0 Å². The molecular weight excluding hydrogens is 376 g/mol. The minimum absolute atomic E-state index is 0.00990. The topological polar surface area (TPSA) is 84.5 Å². The summed E-state index contributed by atoms with van der Waals surface area (Å²) in [6.07, 6.45) is 0. The van der Waals surface area contributed by atoms with Gasteiger partial charge in [-0.3, -0.25) is 9.52 Å². The largest absolute Gasteiger partial charge is 0.494 e. The van der Waals surface area contributed by atoms with E-state index in [1.165, 1.54) is 18.2 Å². The van der Waals surface area contributed by atoms with Gasteiger partial charge in [0.1, 0.15) is 5.75 Å². The zero-order valence-corrected chi connectivity index (χ0v) is 16.1. The fourth-order valence-corrected chi connectivity index (χ4v) is 3.63. The third kappa shape index (κ3) is 4.89. The molecule has 3 aromatic rings. The minimum atomic E-state index is -3.80. The Labute approximate surface area is 164 Å². The fraction of sp³-hybridized carbons (Fsp3) is 0.0952. The van der Waals surface area contributed by atoms with Gasteiger partial charge in [0.2, 0.25) is 0 Å². The third-order valence-electron chi connectivity index (χ3n) is 3.86. The number of hydrogen-bond acceptors (Lipinski definition) is 4. The van der Waals surface area contributed by atoms with E-state index in [1.54, 1.807) is 60.7 Å². The molecule has 3 rings (SSSR count). The Bertz CT molecular complexity index is 1050. The Hall–Kier alpha value is -3.32. The first kappa shape index (κ1) is 19.4. The zero-order valence-electron chi connectivity index (χ0n) is 15.3. The van der Waals surface area contributed by atoms with E-state index in [9.17, 15) is 13.2 Å². The molecule has 0 aliphatic heterocycles. The molecule has 0 saturated heterocycles. The molecule has 0 heterocycles. The number of nitrogens with one attached hydrogen (secondary N) is 2. The van der Waals surface area contributed by atoms with Gasteiger partial charge < -0.3 is 10.1 Å². The van der Waals surface area contributed by atoms with Gasteiger partial charge in [0.05, 0.1) is 11.5 Å². The summed E-state index contributed by atoms with van der Waals surface area (Å²) in [6, 6.07) is 21.4. The van der Waals surface area contributed by atoms with Crippen LogP contribution in [0, 0.1) is 0 Å². The number of amides is 1. The molecule has 3 aromatic carbocycles. The summed E-state index contributed by atoms with van der Waals surface area (Å²) in [5.74, 6) is 0.307. The number of sulfonamides is 1. The van der Waals surface area contributed by atoms with E-state index in [1.807, 2.05) is 6.92 Å². The first-order valence-corrected chi connectivity index (χ1v) is 10.2. The van der Waals surface area contributed by atoms with Gasteiger partial charge in [-0.05, 0) is 61.5 Å². The molecule has 6 nitrogen and oxygen atoms in total. The molecule has 28 heavy (non-hydrogen) atoms. The Morgan fingerprint density at radius 2 is 1.61 bits per heavy atom. The fourth-order valence-electron chi connectivity index (χ4n) is 2.53. The average Bonchev–Trinajstić information content (AvgIpc) is 2.70. The highest BCUT2D eigenvalue weighted by Crippen LogP contribution is 2.19. The molecule has 2 N–H and O–H groups in total. The summed E-state index contributed by atoms with van der Waals surface area (Å²) < 4.78 is 33.0. The van der Waals surface area contributed by atoms with Crippen molar-refractivity contribution in [3.63, 3.8) is 0 Å². The lowest BCUT2D eigenvalue weighted by molar-refractivity contribution is 0.102. The lowest BCUT2D eigenvalue weighted by Crippen LogP contribution is -2.16. The second-order valence-electron chi connectivity index (χ2n) is 5.91. The molecule has 0 aliphatic rings. The number of hydrogen-bond donors (Lipinski definition) is 2. The van der Waals surface area contributed by atoms with Crippen LogP contribution in [0.4, 0.5) is 11.4 Å². The molecule has 0 radical (unpaired) electrons. The van der Waals surface area contributed by atoms with Crippen LogP contribution in [0.3, 0.4) is 0 Å². The van der Waals surface area contributed by atoms with Crippen molar-refractivity contribution in [1.29, 1.82) is 0 Å². The standard InChI is InChI=1S/C21H20N2O4S/c1-2-27-19-13-11-17(12-14-19)22-21(24)16-7-6-10-20(15-16)28(25,26)23-18-8-4-3-5-9-18/h3-15,23H,2H2,1H3,(H,22,24). The van der Waals surface area contributed by atoms with Crippen molar-refractivity contribution in [2.75, 3.05) is 16.6 Å². The highest BCUT2D eigenvalue weighted by Gasteiger charge is 2.16. The lowest BCUT2D eigenvalue weighted by atomic mass is 10.2. The zero-order chi connectivity index (χ0) is 20.0. The van der Waals surface area contributed by atoms with Crippen LogP contribution in [0.25, 0.3) is 0 Å². The highest BCUT2D eigenvalue weighted by atomic mass is 32.2. The van der Waals surface area contributed by atoms with E-state index in [0.29, 0.717) is 23.7 Å². The summed E-state index contributed by atoms with van der Waals surface area (Å²) in [5, 5.41) is 2.75. The van der Waals surface area contributed by atoms with Gasteiger partial charge in [0.15, 0.2) is 0 Å². The van der Waals surface area contributed by atoms with Crippen molar-refractivity contribution < 1.29 is 17.9 Å². The SMILES string of the molecule is CCOc1ccc(NC(=O)c2cccc(S(=O)(=O)Nc3ccccc3)c2)cc1. The Morgan fingerprint density at radius 3 is 2.29 bits per heavy atom. The number of carbonyl (C=O) groups is 1. The molecule has 0 atom stereocenters. The van der Waals surface area contributed by atoms with E-state index in [2.05, 4.69) is 10.0 Å². The van der Waals surface area contributed by atoms with Gasteiger partial charge in [0.25, 0.3) is 15.9 Å². The van der Waals surface area contributed by atoms with Crippen LogP contribution in [0.2, 0.25) is 0 Å². The van der Waals surface area contributed by atoms with Crippen LogP contribution in [0.1, 0.15) is 17.3 Å². The Balaban J connectivity index is 1.75. The monoisotopic (exact) mass is 396 g/mol. The molecule has 0 aromatic heterocycles. The van der Waals surface area contributed by atoms with E-state index in [4.69, 9.17) is 4.74 Å². The summed E-state index contributed by atoms with van der Waals surface area (Å²) in [6.45, 7) is 2.45. The van der Waals surface area contributed by atoms with Crippen molar-refractivity contribution in [3.05, 3.63) is 84.4 Å². The third-order valence-corrected chi connectivity index (χ3v) is 5.23. The van der Waals surface area contributed by atoms with E-state index in [0.717, 1.165) is 0 Å². The van der Waals surface area contributed by atoms with Crippen molar-refractivity contribution in [3.8, 4) is 5.75 Å². The van der Waals surface area contributed by atoms with Gasteiger partial charge in [-0.15, -0.1) is 0 Å². The molecule has 144 valence electrons. The van der Waals surface area contributed by atoms with Gasteiger partial charge in [-0.1, -0.05) is 24.3 Å². The van der Waals surface area contributed by atoms with Crippen molar-refractivity contribution in [2.45, 2.75) is 11.8 Å². The summed E-state index contributed by atoms with van der Waals surface area (Å²) in [5.41, 5.74) is 1.28. The molecule has 1 amide bonds. The molecule has 0 fully saturated rings. The predicted octanol–water partition coefficient (Wildman–Crippen LogP) is 4.14. The number of rotatable bonds is 7. The lowest BCUT2D eigenvalue weighted by Gasteiger charge is -2.10. The van der Waals surface area contributed by atoms with Crippen LogP contribution in [0.5, 0.6) is 5.75 Å². The Morgan fingerprint density at radius 1 is 0.893 bits per heavy atom. The van der Waals surface area contributed by atoms with Gasteiger partial charge in [-0.2, -0.15) is 0 Å². The summed E-state index contributed by atoms with van der Waals surface area (Å²) >= 11 is 0. The molecule has 0 bridgehead atoms. The molecular formula is C21H20N2O4S. The number of ether oxygens (including phenoxy) is 1. The number of anilines is 2. The summed E-state index contributed by atoms with van der Waals surface area (Å²) in [7, 11) is -3.80. The first-order valence-electron chi connectivity index (χ1n) is 8.70. The van der Waals surface area contributed by atoms with Gasteiger partial charge in [0, 0.05) is 16.9 Å². The molecule has 7 heteroatoms. The van der Waals surface area contributed by atoms with Gasteiger partial charge >= 0.3 is 0 Å². The van der Waals surface area contributed by atoms with E-state index in [-0.39, 0.29) is 10.5 Å². The van der Waals surface area contributed by atoms with Crippen molar-refractivity contribution in [1.82, 2.24) is 0 Å². The number of para-hydroxylation sites is 1. The predicted molar refractivity (Wildman–Crippen MR) is 109 cm³/mol. The first-order chi connectivity index (χ1) is 13.5. The number of benzene rings is 3. The highest BCUT2D eigenvalue weighted by molar-refractivity contribution is 7.92. The van der Waals surface area contributed by atoms with Crippen LogP contribution >= 0.6 is 0 Å². The normalized spacial score (nSPS) is 10.9. The second-order valence-corrected chi connectivity index (χ2v) is 7.59. The maximum Gasteiger partial charge on any atom is 0.261 e. The minimum Gasteiger partial charge on any atom is -0.494 e. The van der Waals surface area contributed by atoms with Crippen molar-refractivity contribution >= 4 is 27.3 Å². The van der Waals surface area contributed by atoms with Crippen molar-refractivity contribution in [2.24, 2.45) is 0 Å².